The van der Waals surface area contributed by atoms with Gasteiger partial charge in [-0.2, -0.15) is 4.98 Å². The van der Waals surface area contributed by atoms with E-state index >= 15 is 0 Å². The second-order valence-corrected chi connectivity index (χ2v) is 4.27. The third-order valence-electron chi connectivity index (χ3n) is 2.40. The first kappa shape index (κ1) is 13.5. The van der Waals surface area contributed by atoms with E-state index < -0.39 is 17.5 Å². The minimum atomic E-state index is -1.56. The molecule has 2 rings (SSSR count). The van der Waals surface area contributed by atoms with Gasteiger partial charge in [-0.3, -0.25) is 0 Å². The lowest BCUT2D eigenvalue weighted by Crippen LogP contribution is -2.22. The van der Waals surface area contributed by atoms with Gasteiger partial charge in [-0.15, -0.1) is 0 Å². The van der Waals surface area contributed by atoms with Crippen LogP contribution < -0.4 is 5.32 Å². The van der Waals surface area contributed by atoms with Crippen LogP contribution >= 0.6 is 0 Å². The summed E-state index contributed by atoms with van der Waals surface area (Å²) < 4.78 is 44.2. The average molecular weight is 271 g/mol. The second kappa shape index (κ2) is 5.40. The van der Waals surface area contributed by atoms with E-state index in [2.05, 4.69) is 15.5 Å². The quantitative estimate of drug-likeness (QED) is 0.868. The summed E-state index contributed by atoms with van der Waals surface area (Å²) in [6.07, 6.45) is 0. The highest BCUT2D eigenvalue weighted by Gasteiger charge is 2.19. The lowest BCUT2D eigenvalue weighted by atomic mass is 10.2. The van der Waals surface area contributed by atoms with E-state index in [9.17, 15) is 13.2 Å². The van der Waals surface area contributed by atoms with Crippen molar-refractivity contribution in [3.8, 4) is 11.5 Å². The Morgan fingerprint density at radius 1 is 1.21 bits per heavy atom. The molecule has 4 nitrogen and oxygen atoms in total. The molecule has 0 aliphatic heterocycles. The van der Waals surface area contributed by atoms with E-state index in [0.29, 0.717) is 12.4 Å². The molecule has 19 heavy (non-hydrogen) atoms. The summed E-state index contributed by atoms with van der Waals surface area (Å²) in [4.78, 5) is 3.91. The van der Waals surface area contributed by atoms with Gasteiger partial charge in [-0.05, 0) is 12.1 Å². The molecule has 1 heterocycles. The van der Waals surface area contributed by atoms with E-state index in [0.717, 1.165) is 12.1 Å². The Labute approximate surface area is 107 Å². The molecule has 0 bridgehead atoms. The zero-order valence-corrected chi connectivity index (χ0v) is 10.4. The molecule has 0 fully saturated rings. The third-order valence-corrected chi connectivity index (χ3v) is 2.40. The maximum atomic E-state index is 13.5. The number of benzene rings is 1. The van der Waals surface area contributed by atoms with E-state index in [1.807, 2.05) is 13.8 Å². The van der Waals surface area contributed by atoms with Gasteiger partial charge in [0, 0.05) is 6.04 Å². The zero-order chi connectivity index (χ0) is 14.0. The van der Waals surface area contributed by atoms with Gasteiger partial charge in [0.25, 0.3) is 5.89 Å². The van der Waals surface area contributed by atoms with Gasteiger partial charge in [-0.25, -0.2) is 13.2 Å². The molecule has 0 saturated carbocycles. The lowest BCUT2D eigenvalue weighted by Gasteiger charge is -2.03. The molecule has 0 saturated heterocycles. The van der Waals surface area contributed by atoms with Gasteiger partial charge in [-0.1, -0.05) is 19.0 Å². The molecule has 0 aliphatic rings. The summed E-state index contributed by atoms with van der Waals surface area (Å²) >= 11 is 0. The first-order chi connectivity index (χ1) is 8.99. The molecule has 7 heteroatoms. The monoisotopic (exact) mass is 271 g/mol. The smallest absolute Gasteiger partial charge is 0.261 e. The summed E-state index contributed by atoms with van der Waals surface area (Å²) in [5, 5.41) is 6.68. The Kier molecular flexibility index (Phi) is 3.84. The molecular weight excluding hydrogens is 259 g/mol. The molecule has 0 atom stereocenters. The van der Waals surface area contributed by atoms with Crippen LogP contribution in [0.5, 0.6) is 0 Å². The summed E-state index contributed by atoms with van der Waals surface area (Å²) in [6, 6.07) is 2.09. The molecule has 1 aromatic carbocycles. The summed E-state index contributed by atoms with van der Waals surface area (Å²) in [5.74, 6) is -4.03. The topological polar surface area (TPSA) is 51.0 Å². The van der Waals surface area contributed by atoms with Gasteiger partial charge in [0.1, 0.15) is 0 Å². The van der Waals surface area contributed by atoms with Crippen LogP contribution in [0.3, 0.4) is 0 Å². The van der Waals surface area contributed by atoms with Crippen molar-refractivity contribution in [1.82, 2.24) is 15.5 Å². The number of aromatic nitrogens is 2. The van der Waals surface area contributed by atoms with E-state index in [1.54, 1.807) is 0 Å². The van der Waals surface area contributed by atoms with Crippen molar-refractivity contribution in [3.05, 3.63) is 35.4 Å². The highest BCUT2D eigenvalue weighted by molar-refractivity contribution is 5.53. The number of nitrogens with zero attached hydrogens (tertiary/aromatic N) is 2. The van der Waals surface area contributed by atoms with Crippen LogP contribution in [0.15, 0.2) is 16.7 Å². The maximum Gasteiger partial charge on any atom is 0.261 e. The highest BCUT2D eigenvalue weighted by atomic mass is 19.2. The normalized spacial score (nSPS) is 11.3. The SMILES string of the molecule is CC(C)NCc1noc(-c2ccc(F)c(F)c2F)n1. The Bertz CT molecular complexity index is 584. The average Bonchev–Trinajstić information content (AvgIpc) is 2.82. The van der Waals surface area contributed by atoms with Crippen LogP contribution in [0.2, 0.25) is 0 Å². The Morgan fingerprint density at radius 2 is 1.95 bits per heavy atom. The summed E-state index contributed by atoms with van der Waals surface area (Å²) in [7, 11) is 0. The van der Waals surface area contributed by atoms with E-state index in [-0.39, 0.29) is 17.5 Å². The van der Waals surface area contributed by atoms with Gasteiger partial charge in [0.2, 0.25) is 0 Å². The Morgan fingerprint density at radius 3 is 2.63 bits per heavy atom. The van der Waals surface area contributed by atoms with Gasteiger partial charge >= 0.3 is 0 Å². The van der Waals surface area contributed by atoms with Crippen LogP contribution in [0, 0.1) is 17.5 Å². The zero-order valence-electron chi connectivity index (χ0n) is 10.4. The van der Waals surface area contributed by atoms with Gasteiger partial charge in [0.15, 0.2) is 23.3 Å². The predicted octanol–water partition coefficient (Wildman–Crippen LogP) is 2.65. The first-order valence-electron chi connectivity index (χ1n) is 5.69. The maximum absolute atomic E-state index is 13.5. The predicted molar refractivity (Wildman–Crippen MR) is 61.6 cm³/mol. The van der Waals surface area contributed by atoms with Crippen molar-refractivity contribution in [2.45, 2.75) is 26.4 Å². The van der Waals surface area contributed by atoms with Crippen molar-refractivity contribution in [3.63, 3.8) is 0 Å². The first-order valence-corrected chi connectivity index (χ1v) is 5.69. The molecule has 102 valence electrons. The minimum Gasteiger partial charge on any atom is -0.334 e. The minimum absolute atomic E-state index is 0.183. The van der Waals surface area contributed by atoms with E-state index in [4.69, 9.17) is 4.52 Å². The Hall–Kier alpha value is -1.89. The van der Waals surface area contributed by atoms with Crippen molar-refractivity contribution in [2.75, 3.05) is 0 Å². The Balaban J connectivity index is 2.26. The fourth-order valence-electron chi connectivity index (χ4n) is 1.42. The van der Waals surface area contributed by atoms with Crippen LogP contribution in [-0.2, 0) is 6.54 Å². The van der Waals surface area contributed by atoms with Gasteiger partial charge in [0.05, 0.1) is 12.1 Å². The van der Waals surface area contributed by atoms with E-state index in [1.165, 1.54) is 0 Å². The summed E-state index contributed by atoms with van der Waals surface area (Å²) in [5.41, 5.74) is -0.262. The molecule has 0 unspecified atom stereocenters. The molecule has 0 aliphatic carbocycles. The lowest BCUT2D eigenvalue weighted by molar-refractivity contribution is 0.409. The van der Waals surface area contributed by atoms with Crippen LogP contribution in [0.1, 0.15) is 19.7 Å². The number of rotatable bonds is 4. The molecular formula is C12H12F3N3O. The number of nitrogens with one attached hydrogen (secondary N) is 1. The number of hydrogen-bond donors (Lipinski definition) is 1. The van der Waals surface area contributed by atoms with Crippen LogP contribution in [0.4, 0.5) is 13.2 Å². The molecule has 1 N–H and O–H groups in total. The van der Waals surface area contributed by atoms with Crippen molar-refractivity contribution in [2.24, 2.45) is 0 Å². The third kappa shape index (κ3) is 2.93. The largest absolute Gasteiger partial charge is 0.334 e. The van der Waals surface area contributed by atoms with Crippen molar-refractivity contribution in [1.29, 1.82) is 0 Å². The molecule has 0 spiro atoms. The van der Waals surface area contributed by atoms with Crippen LogP contribution in [-0.4, -0.2) is 16.2 Å². The molecule has 1 aromatic heterocycles. The standard InChI is InChI=1S/C12H12F3N3O/c1-6(2)16-5-9-17-12(19-18-9)7-3-4-8(13)11(15)10(7)14/h3-4,6,16H,5H2,1-2H3. The molecule has 0 amide bonds. The van der Waals surface area contributed by atoms with Gasteiger partial charge < -0.3 is 9.84 Å². The van der Waals surface area contributed by atoms with Crippen molar-refractivity contribution < 1.29 is 17.7 Å². The highest BCUT2D eigenvalue weighted by Crippen LogP contribution is 2.24. The number of halogens is 3. The second-order valence-electron chi connectivity index (χ2n) is 4.27. The summed E-state index contributed by atoms with van der Waals surface area (Å²) in [6.45, 7) is 4.22. The molecule has 2 aromatic rings. The number of hydrogen-bond acceptors (Lipinski definition) is 4. The van der Waals surface area contributed by atoms with Crippen molar-refractivity contribution >= 4 is 0 Å². The van der Waals surface area contributed by atoms with Crippen LogP contribution in [0.25, 0.3) is 11.5 Å². The fourth-order valence-corrected chi connectivity index (χ4v) is 1.42. The molecule has 0 radical (unpaired) electrons. The fraction of sp³-hybridized carbons (Fsp3) is 0.333.